The second-order valence-corrected chi connectivity index (χ2v) is 0. The molecule has 6 heavy (non-hydrogen) atoms. The van der Waals surface area contributed by atoms with E-state index >= 15 is 0 Å². The zero-order chi connectivity index (χ0) is 0. The van der Waals surface area contributed by atoms with Crippen LogP contribution < -0.4 is 0 Å². The second-order valence-electron chi connectivity index (χ2n) is 0. The van der Waals surface area contributed by atoms with E-state index in [9.17, 15) is 0 Å². The van der Waals surface area contributed by atoms with E-state index in [1.54, 1.807) is 0 Å². The summed E-state index contributed by atoms with van der Waals surface area (Å²) >= 11 is 0. The Morgan fingerprint density at radius 1 is 0.500 bits per heavy atom. The van der Waals surface area contributed by atoms with E-state index < -0.39 is 0 Å². The Morgan fingerprint density at radius 3 is 0.500 bits per heavy atom. The average molecular weight is 282 g/mol. The predicted molar refractivity (Wildman–Crippen MR) is 6.72 cm³/mol. The van der Waals surface area contributed by atoms with Crippen LogP contribution in [0.4, 0.5) is 0 Å². The van der Waals surface area contributed by atoms with Crippen LogP contribution in [0.15, 0.2) is 0 Å². The van der Waals surface area contributed by atoms with Gasteiger partial charge in [0.2, 0.25) is 0 Å². The topological polar surface area (TPSA) is 61.0 Å². The summed E-state index contributed by atoms with van der Waals surface area (Å²) in [4.78, 5) is 0. The second kappa shape index (κ2) is 63.1. The van der Waals surface area contributed by atoms with Gasteiger partial charge >= 0.3 is 51.2 Å². The quantitative estimate of drug-likeness (QED) is 0.583. The van der Waals surface area contributed by atoms with Gasteiger partial charge in [0.05, 0.1) is 0 Å². The van der Waals surface area contributed by atoms with Gasteiger partial charge in [0.25, 0.3) is 0 Å². The van der Waals surface area contributed by atoms with Crippen molar-refractivity contribution in [3.63, 3.8) is 0 Å². The molecule has 4 radical (unpaired) electrons. The summed E-state index contributed by atoms with van der Waals surface area (Å²) in [5.74, 6) is 0. The molecular weight excluding hydrogens is 282 g/mol. The molecule has 0 heterocycles. The first-order valence-corrected chi connectivity index (χ1v) is 0. The molecule has 0 spiro atoms. The third kappa shape index (κ3) is 37.5. The van der Waals surface area contributed by atoms with Crippen LogP contribution in [0.2, 0.25) is 0 Å². The average Bonchev–Trinajstić information content (AvgIpc) is 0. The van der Waals surface area contributed by atoms with Crippen molar-refractivity contribution >= 4 is 0 Å². The first kappa shape index (κ1) is 98.1. The van der Waals surface area contributed by atoms with Crippen molar-refractivity contribution in [1.82, 2.24) is 0 Å². The maximum atomic E-state index is 0. The molecular formula is Cu4N2. The summed E-state index contributed by atoms with van der Waals surface area (Å²) in [6, 6.07) is 0. The maximum absolute atomic E-state index is 0. The molecule has 0 saturated carbocycles. The minimum atomic E-state index is 0. The van der Waals surface area contributed by atoms with Crippen molar-refractivity contribution in [2.45, 2.75) is 0 Å². The number of nitrogens with zero attached hydrogens (tertiary/aromatic N) is 2. The molecule has 0 atom stereocenters. The Labute approximate surface area is 80.0 Å². The van der Waals surface area contributed by atoms with Crippen LogP contribution in [0.25, 0.3) is 12.3 Å². The molecule has 0 aliphatic carbocycles. The van der Waals surface area contributed by atoms with Gasteiger partial charge in [-0.15, -0.1) is 0 Å². The van der Waals surface area contributed by atoms with Crippen LogP contribution in [0.5, 0.6) is 0 Å². The van der Waals surface area contributed by atoms with Crippen molar-refractivity contribution < 1.29 is 68.3 Å². The number of rotatable bonds is 0. The largest absolute Gasteiger partial charge is 3.00 e. The monoisotopic (exact) mass is 280 g/mol. The van der Waals surface area contributed by atoms with Gasteiger partial charge in [0.15, 0.2) is 0 Å². The third-order valence-electron chi connectivity index (χ3n) is 0. The first-order chi connectivity index (χ1) is 0. The van der Waals surface area contributed by atoms with E-state index in [-0.39, 0.29) is 80.6 Å². The summed E-state index contributed by atoms with van der Waals surface area (Å²) < 4.78 is 0. The molecule has 0 aliphatic rings. The zero-order valence-electron chi connectivity index (χ0n) is 2.10. The first-order valence-electron chi connectivity index (χ1n) is 0. The fourth-order valence-corrected chi connectivity index (χ4v) is 0. The summed E-state index contributed by atoms with van der Waals surface area (Å²) in [5.41, 5.74) is 0. The van der Waals surface area contributed by atoms with Gasteiger partial charge in [-0.25, -0.2) is 0 Å². The zero-order valence-corrected chi connectivity index (χ0v) is 5.87. The van der Waals surface area contributed by atoms with E-state index in [0.717, 1.165) is 0 Å². The van der Waals surface area contributed by atoms with Crippen LogP contribution in [0.3, 0.4) is 0 Å². The molecule has 0 aromatic heterocycles. The van der Waals surface area contributed by atoms with Crippen LogP contribution in [-0.4, -0.2) is 0 Å². The Kier molecular flexibility index (Phi) is 1030. The predicted octanol–water partition coefficient (Wildman–Crippen LogP) is 0.567. The molecule has 6 heteroatoms. The van der Waals surface area contributed by atoms with Crippen molar-refractivity contribution in [1.29, 1.82) is 0 Å². The van der Waals surface area contributed by atoms with Crippen molar-refractivity contribution in [3.8, 4) is 0 Å². The van der Waals surface area contributed by atoms with Crippen LogP contribution in [-0.2, 0) is 68.3 Å². The standard InChI is InChI=1S/4Cu.2N/q;3*+2;2*-3. The summed E-state index contributed by atoms with van der Waals surface area (Å²) in [5, 5.41) is 0. The normalized spacial score (nSPS) is 0. The van der Waals surface area contributed by atoms with Gasteiger partial charge in [-0.05, 0) is 0 Å². The summed E-state index contributed by atoms with van der Waals surface area (Å²) in [6.45, 7) is 0. The van der Waals surface area contributed by atoms with Crippen molar-refractivity contribution in [2.75, 3.05) is 0 Å². The van der Waals surface area contributed by atoms with E-state index in [1.807, 2.05) is 0 Å². The van der Waals surface area contributed by atoms with Gasteiger partial charge in [-0.3, -0.25) is 0 Å². The van der Waals surface area contributed by atoms with E-state index in [1.165, 1.54) is 0 Å². The van der Waals surface area contributed by atoms with Crippen molar-refractivity contribution in [3.05, 3.63) is 12.3 Å². The minimum Gasteiger partial charge on any atom is -3.00 e. The van der Waals surface area contributed by atoms with Crippen molar-refractivity contribution in [2.24, 2.45) is 0 Å². The number of hydrogen-bond donors (Lipinski definition) is 0. The van der Waals surface area contributed by atoms with Crippen LogP contribution in [0.1, 0.15) is 0 Å². The summed E-state index contributed by atoms with van der Waals surface area (Å²) in [7, 11) is 0. The fraction of sp³-hybridized carbons (Fsp3) is 0. The van der Waals surface area contributed by atoms with Gasteiger partial charge in [0, 0.05) is 17.1 Å². The third-order valence-corrected chi connectivity index (χ3v) is 0. The van der Waals surface area contributed by atoms with E-state index in [4.69, 9.17) is 0 Å². The fourth-order valence-electron chi connectivity index (χ4n) is 0. The molecule has 0 rings (SSSR count). The van der Waals surface area contributed by atoms with E-state index in [0.29, 0.717) is 0 Å². The van der Waals surface area contributed by atoms with Crippen LogP contribution in [0, 0.1) is 0 Å². The maximum Gasteiger partial charge on any atom is 2.00 e. The van der Waals surface area contributed by atoms with Crippen LogP contribution >= 0.6 is 0 Å². The molecule has 0 N–H and O–H groups in total. The molecule has 0 bridgehead atoms. The Hall–Kier alpha value is 2.00. The Balaban J connectivity index is 0. The molecule has 0 saturated heterocycles. The SMILES string of the molecule is [Cu+2].[Cu+2].[Cu+2].[Cu].[N-3].[N-3]. The molecule has 0 aliphatic heterocycles. The van der Waals surface area contributed by atoms with Gasteiger partial charge in [-0.2, -0.15) is 0 Å². The van der Waals surface area contributed by atoms with Gasteiger partial charge in [-0.1, -0.05) is 0 Å². The molecule has 0 fully saturated rings. The number of hydrogen-bond acceptors (Lipinski definition) is 0. The summed E-state index contributed by atoms with van der Waals surface area (Å²) in [6.07, 6.45) is 0. The molecule has 0 unspecified atom stereocenters. The molecule has 0 amide bonds. The smallest absolute Gasteiger partial charge is 2.00 e. The minimum absolute atomic E-state index is 0. The van der Waals surface area contributed by atoms with Gasteiger partial charge in [0.1, 0.15) is 0 Å². The molecule has 54 valence electrons. The molecule has 2 nitrogen and oxygen atoms in total. The molecule has 0 aromatic carbocycles. The van der Waals surface area contributed by atoms with Gasteiger partial charge < -0.3 is 12.3 Å². The molecule has 0 aromatic rings. The Bertz CT molecular complexity index is 5.51. The van der Waals surface area contributed by atoms with E-state index in [2.05, 4.69) is 0 Å². The Morgan fingerprint density at radius 2 is 0.500 bits per heavy atom.